The molecular weight excluding hydrogens is 362 g/mol. The Labute approximate surface area is 157 Å². The number of hydrogen-bond acceptors (Lipinski definition) is 5. The molecular formula is C17H22ClN3OS2. The molecule has 0 bridgehead atoms. The number of halogens is 1. The summed E-state index contributed by atoms with van der Waals surface area (Å²) in [6.07, 6.45) is 0.552. The van der Waals surface area contributed by atoms with Crippen LogP contribution in [0.15, 0.2) is 30.3 Å². The number of nitrogens with zero attached hydrogens (tertiary/aromatic N) is 1. The van der Waals surface area contributed by atoms with Gasteiger partial charge in [-0.1, -0.05) is 30.3 Å². The minimum absolute atomic E-state index is 0. The molecule has 0 aliphatic carbocycles. The lowest BCUT2D eigenvalue weighted by atomic mass is 10.2. The molecule has 4 nitrogen and oxygen atoms in total. The van der Waals surface area contributed by atoms with Crippen molar-refractivity contribution in [3.63, 3.8) is 0 Å². The zero-order chi connectivity index (χ0) is 16.1. The molecule has 24 heavy (non-hydrogen) atoms. The van der Waals surface area contributed by atoms with Crippen molar-refractivity contribution >= 4 is 41.4 Å². The van der Waals surface area contributed by atoms with Gasteiger partial charge in [0.05, 0.1) is 12.2 Å². The number of nitrogens with one attached hydrogen (secondary N) is 2. The second-order valence-electron chi connectivity index (χ2n) is 5.60. The van der Waals surface area contributed by atoms with Crippen LogP contribution >= 0.6 is 35.5 Å². The molecule has 1 aliphatic heterocycles. The van der Waals surface area contributed by atoms with Gasteiger partial charge in [0.2, 0.25) is 5.91 Å². The van der Waals surface area contributed by atoms with Crippen molar-refractivity contribution in [1.82, 2.24) is 15.6 Å². The number of carbonyl (C=O) groups excluding carboxylic acids is 1. The van der Waals surface area contributed by atoms with Gasteiger partial charge in [0.25, 0.3) is 0 Å². The highest BCUT2D eigenvalue weighted by atomic mass is 35.5. The monoisotopic (exact) mass is 383 g/mol. The van der Waals surface area contributed by atoms with E-state index in [0.29, 0.717) is 19.0 Å². The number of thiazole rings is 1. The predicted octanol–water partition coefficient (Wildman–Crippen LogP) is 3.25. The van der Waals surface area contributed by atoms with Crippen molar-refractivity contribution in [3.05, 3.63) is 40.9 Å². The molecule has 2 heterocycles. The highest BCUT2D eigenvalue weighted by Gasteiger charge is 2.17. The maximum Gasteiger partial charge on any atom is 0.221 e. The van der Waals surface area contributed by atoms with E-state index in [9.17, 15) is 4.79 Å². The van der Waals surface area contributed by atoms with Gasteiger partial charge in [-0.25, -0.2) is 4.98 Å². The first kappa shape index (κ1) is 19.2. The second kappa shape index (κ2) is 9.42. The van der Waals surface area contributed by atoms with E-state index in [1.54, 1.807) is 11.3 Å². The van der Waals surface area contributed by atoms with Crippen LogP contribution in [0, 0.1) is 6.92 Å². The Morgan fingerprint density at radius 3 is 2.88 bits per heavy atom. The fourth-order valence-corrected chi connectivity index (χ4v) is 4.48. The zero-order valence-corrected chi connectivity index (χ0v) is 16.0. The van der Waals surface area contributed by atoms with Crippen LogP contribution in [0.5, 0.6) is 0 Å². The molecule has 1 saturated heterocycles. The Bertz CT molecular complexity index is 657. The Hall–Kier alpha value is -1.08. The Morgan fingerprint density at radius 1 is 1.38 bits per heavy atom. The molecule has 0 spiro atoms. The van der Waals surface area contributed by atoms with Gasteiger partial charge < -0.3 is 10.6 Å². The average molecular weight is 384 g/mol. The summed E-state index contributed by atoms with van der Waals surface area (Å²) in [5.74, 6) is 2.27. The summed E-state index contributed by atoms with van der Waals surface area (Å²) in [5.41, 5.74) is 2.13. The van der Waals surface area contributed by atoms with Crippen molar-refractivity contribution in [3.8, 4) is 10.6 Å². The predicted molar refractivity (Wildman–Crippen MR) is 105 cm³/mol. The lowest BCUT2D eigenvalue weighted by Gasteiger charge is -2.22. The van der Waals surface area contributed by atoms with E-state index in [-0.39, 0.29) is 18.3 Å². The number of thioether (sulfide) groups is 1. The largest absolute Gasteiger partial charge is 0.351 e. The molecule has 7 heteroatoms. The van der Waals surface area contributed by atoms with Gasteiger partial charge in [0.15, 0.2) is 0 Å². The van der Waals surface area contributed by atoms with Crippen LogP contribution in [-0.4, -0.2) is 35.0 Å². The first-order valence-corrected chi connectivity index (χ1v) is 9.79. The molecule has 130 valence electrons. The first-order valence-electron chi connectivity index (χ1n) is 7.82. The molecule has 1 amide bonds. The van der Waals surface area contributed by atoms with Crippen molar-refractivity contribution < 1.29 is 4.79 Å². The minimum atomic E-state index is 0. The Balaban J connectivity index is 0.00000208. The lowest BCUT2D eigenvalue weighted by molar-refractivity contribution is -0.121. The maximum atomic E-state index is 12.1. The molecule has 2 aromatic rings. The summed E-state index contributed by atoms with van der Waals surface area (Å²) in [7, 11) is 0. The average Bonchev–Trinajstić information content (AvgIpc) is 2.96. The van der Waals surface area contributed by atoms with Crippen LogP contribution in [-0.2, 0) is 11.3 Å². The molecule has 1 aromatic carbocycles. The van der Waals surface area contributed by atoms with Crippen molar-refractivity contribution in [2.75, 3.05) is 18.1 Å². The third-order valence-electron chi connectivity index (χ3n) is 3.79. The third kappa shape index (κ3) is 5.21. The number of carbonyl (C=O) groups is 1. The molecule has 1 aromatic heterocycles. The van der Waals surface area contributed by atoms with E-state index in [0.717, 1.165) is 39.2 Å². The minimum Gasteiger partial charge on any atom is -0.351 e. The van der Waals surface area contributed by atoms with E-state index in [1.807, 2.05) is 36.9 Å². The molecule has 1 aliphatic rings. The van der Waals surface area contributed by atoms with Gasteiger partial charge in [-0.15, -0.1) is 23.7 Å². The summed E-state index contributed by atoms with van der Waals surface area (Å²) in [4.78, 5) is 17.9. The molecule has 0 radical (unpaired) electrons. The van der Waals surface area contributed by atoms with Gasteiger partial charge in [-0.05, 0) is 6.92 Å². The molecule has 2 N–H and O–H groups in total. The molecule has 1 atom stereocenters. The van der Waals surface area contributed by atoms with Crippen molar-refractivity contribution in [2.45, 2.75) is 25.9 Å². The number of amides is 1. The fourth-order valence-electron chi connectivity index (χ4n) is 2.52. The van der Waals surface area contributed by atoms with E-state index in [1.165, 1.54) is 0 Å². The lowest BCUT2D eigenvalue weighted by Crippen LogP contribution is -2.41. The van der Waals surface area contributed by atoms with Crippen molar-refractivity contribution in [1.29, 1.82) is 0 Å². The van der Waals surface area contributed by atoms with Crippen LogP contribution in [0.4, 0.5) is 0 Å². The molecule has 3 rings (SSSR count). The molecule has 0 saturated carbocycles. The van der Waals surface area contributed by atoms with Crippen LogP contribution in [0.25, 0.3) is 10.6 Å². The zero-order valence-electron chi connectivity index (χ0n) is 13.6. The SMILES string of the molecule is Cc1nc(-c2ccccc2)sc1CNC(=O)CC1CSCCN1.Cl. The number of aryl methyl sites for hydroxylation is 1. The van der Waals surface area contributed by atoms with E-state index >= 15 is 0 Å². The van der Waals surface area contributed by atoms with Crippen LogP contribution in [0.1, 0.15) is 17.0 Å². The Morgan fingerprint density at radius 2 is 2.17 bits per heavy atom. The van der Waals surface area contributed by atoms with Gasteiger partial charge in [0, 0.05) is 41.0 Å². The number of hydrogen-bond donors (Lipinski definition) is 2. The first-order chi connectivity index (χ1) is 11.2. The number of aromatic nitrogens is 1. The summed E-state index contributed by atoms with van der Waals surface area (Å²) in [6, 6.07) is 10.5. The van der Waals surface area contributed by atoms with Crippen LogP contribution < -0.4 is 10.6 Å². The van der Waals surface area contributed by atoms with Crippen molar-refractivity contribution in [2.24, 2.45) is 0 Å². The van der Waals surface area contributed by atoms with Gasteiger partial charge in [0.1, 0.15) is 5.01 Å². The van der Waals surface area contributed by atoms with E-state index < -0.39 is 0 Å². The fraction of sp³-hybridized carbons (Fsp3) is 0.412. The highest BCUT2D eigenvalue weighted by molar-refractivity contribution is 7.99. The summed E-state index contributed by atoms with van der Waals surface area (Å²) in [5, 5.41) is 7.44. The normalized spacial score (nSPS) is 17.1. The van der Waals surface area contributed by atoms with E-state index in [4.69, 9.17) is 0 Å². The molecule has 1 unspecified atom stereocenters. The van der Waals surface area contributed by atoms with Crippen LogP contribution in [0.3, 0.4) is 0 Å². The van der Waals surface area contributed by atoms with Crippen LogP contribution in [0.2, 0.25) is 0 Å². The molecule has 1 fully saturated rings. The van der Waals surface area contributed by atoms with Gasteiger partial charge in [-0.3, -0.25) is 4.79 Å². The smallest absolute Gasteiger partial charge is 0.221 e. The maximum absolute atomic E-state index is 12.1. The second-order valence-corrected chi connectivity index (χ2v) is 7.83. The third-order valence-corrected chi connectivity index (χ3v) is 6.13. The number of rotatable bonds is 5. The highest BCUT2D eigenvalue weighted by Crippen LogP contribution is 2.27. The quantitative estimate of drug-likeness (QED) is 0.832. The van der Waals surface area contributed by atoms with Gasteiger partial charge in [-0.2, -0.15) is 11.8 Å². The van der Waals surface area contributed by atoms with E-state index in [2.05, 4.69) is 27.8 Å². The standard InChI is InChI=1S/C17H21N3OS2.ClH/c1-12-15(23-17(20-12)13-5-3-2-4-6-13)10-19-16(21)9-14-11-22-8-7-18-14;/h2-6,14,18H,7-11H2,1H3,(H,19,21);1H. The summed E-state index contributed by atoms with van der Waals surface area (Å²) >= 11 is 3.57. The topological polar surface area (TPSA) is 54.0 Å². The number of benzene rings is 1. The van der Waals surface area contributed by atoms with Gasteiger partial charge >= 0.3 is 0 Å². The summed E-state index contributed by atoms with van der Waals surface area (Å²) < 4.78 is 0. The Kier molecular flexibility index (Phi) is 7.55. The summed E-state index contributed by atoms with van der Waals surface area (Å²) in [6.45, 7) is 3.57.